The van der Waals surface area contributed by atoms with E-state index in [0.29, 0.717) is 13.0 Å². The fourth-order valence-electron chi connectivity index (χ4n) is 2.56. The van der Waals surface area contributed by atoms with Crippen molar-refractivity contribution in [3.8, 4) is 0 Å². The quantitative estimate of drug-likeness (QED) is 0.732. The van der Waals surface area contributed by atoms with Crippen molar-refractivity contribution in [3.05, 3.63) is 59.4 Å². The normalized spacial score (nSPS) is 11.8. The van der Waals surface area contributed by atoms with Gasteiger partial charge in [-0.05, 0) is 55.2 Å². The van der Waals surface area contributed by atoms with Crippen molar-refractivity contribution < 1.29 is 9.90 Å². The summed E-state index contributed by atoms with van der Waals surface area (Å²) >= 11 is 0. The highest BCUT2D eigenvalue weighted by Crippen LogP contribution is 2.15. The van der Waals surface area contributed by atoms with E-state index in [1.165, 1.54) is 11.1 Å². The predicted octanol–water partition coefficient (Wildman–Crippen LogP) is 2.93. The summed E-state index contributed by atoms with van der Waals surface area (Å²) in [5, 5.41) is 15.1. The fourth-order valence-corrected chi connectivity index (χ4v) is 2.56. The molecule has 2 rings (SSSR count). The average molecular weight is 327 g/mol. The second kappa shape index (κ2) is 9.03. The molecule has 0 fully saturated rings. The molecule has 2 amide bonds. The number of anilines is 1. The van der Waals surface area contributed by atoms with Crippen LogP contribution in [0.5, 0.6) is 0 Å². The maximum Gasteiger partial charge on any atom is 0.319 e. The number of rotatable bonds is 7. The molecule has 5 heteroatoms. The molecule has 0 aliphatic carbocycles. The summed E-state index contributed by atoms with van der Waals surface area (Å²) in [6.45, 7) is 4.55. The number of aliphatic hydroxyl groups excluding tert-OH is 1. The summed E-state index contributed by atoms with van der Waals surface area (Å²) in [7, 11) is 0. The number of aryl methyl sites for hydroxylation is 2. The Morgan fingerprint density at radius 1 is 1.29 bits per heavy atom. The molecule has 1 unspecified atom stereocenters. The van der Waals surface area contributed by atoms with Gasteiger partial charge in [-0.2, -0.15) is 0 Å². The van der Waals surface area contributed by atoms with Crippen LogP contribution in [-0.4, -0.2) is 29.3 Å². The van der Waals surface area contributed by atoms with E-state index in [9.17, 15) is 9.90 Å². The van der Waals surface area contributed by atoms with Crippen molar-refractivity contribution in [1.29, 1.82) is 0 Å². The van der Waals surface area contributed by atoms with Gasteiger partial charge >= 0.3 is 6.03 Å². The standard InChI is InChI=1S/C19H25N3O2/c1-3-16-11-18(8-7-14(16)2)22-19(24)21-12-15(13-23)10-17-6-4-5-9-20-17/h4-9,11,15,23H,3,10,12-13H2,1-2H3,(H2,21,22,24). The van der Waals surface area contributed by atoms with E-state index in [-0.39, 0.29) is 18.6 Å². The smallest absolute Gasteiger partial charge is 0.319 e. The van der Waals surface area contributed by atoms with E-state index in [4.69, 9.17) is 0 Å². The van der Waals surface area contributed by atoms with Crippen molar-refractivity contribution in [2.75, 3.05) is 18.5 Å². The number of pyridine rings is 1. The molecule has 0 aliphatic rings. The minimum Gasteiger partial charge on any atom is -0.396 e. The minimum atomic E-state index is -0.264. The second-order valence-corrected chi connectivity index (χ2v) is 5.90. The lowest BCUT2D eigenvalue weighted by molar-refractivity contribution is 0.217. The Balaban J connectivity index is 1.85. The lowest BCUT2D eigenvalue weighted by atomic mass is 10.0. The van der Waals surface area contributed by atoms with Crippen LogP contribution in [-0.2, 0) is 12.8 Å². The highest BCUT2D eigenvalue weighted by molar-refractivity contribution is 5.89. The number of nitrogens with one attached hydrogen (secondary N) is 2. The molecule has 1 aromatic heterocycles. The van der Waals surface area contributed by atoms with Crippen molar-refractivity contribution >= 4 is 11.7 Å². The first-order chi connectivity index (χ1) is 11.6. The van der Waals surface area contributed by atoms with Gasteiger partial charge in [0.1, 0.15) is 0 Å². The van der Waals surface area contributed by atoms with Gasteiger partial charge in [0.25, 0.3) is 0 Å². The number of aromatic nitrogens is 1. The van der Waals surface area contributed by atoms with E-state index < -0.39 is 0 Å². The summed E-state index contributed by atoms with van der Waals surface area (Å²) in [4.78, 5) is 16.3. The molecule has 5 nitrogen and oxygen atoms in total. The number of carbonyl (C=O) groups is 1. The van der Waals surface area contributed by atoms with Gasteiger partial charge < -0.3 is 15.7 Å². The Labute approximate surface area is 143 Å². The number of nitrogens with zero attached hydrogens (tertiary/aromatic N) is 1. The first-order valence-corrected chi connectivity index (χ1v) is 8.27. The van der Waals surface area contributed by atoms with Crippen LogP contribution < -0.4 is 10.6 Å². The van der Waals surface area contributed by atoms with E-state index in [2.05, 4.69) is 29.5 Å². The van der Waals surface area contributed by atoms with Crippen LogP contribution in [0, 0.1) is 12.8 Å². The summed E-state index contributed by atoms with van der Waals surface area (Å²) in [6.07, 6.45) is 3.29. The molecular formula is C19H25N3O2. The Morgan fingerprint density at radius 2 is 2.12 bits per heavy atom. The van der Waals surface area contributed by atoms with Crippen molar-refractivity contribution in [2.24, 2.45) is 5.92 Å². The maximum absolute atomic E-state index is 12.1. The average Bonchev–Trinajstić information content (AvgIpc) is 2.61. The second-order valence-electron chi connectivity index (χ2n) is 5.90. The third-order valence-electron chi connectivity index (χ3n) is 4.02. The van der Waals surface area contributed by atoms with E-state index in [1.807, 2.05) is 36.4 Å². The van der Waals surface area contributed by atoms with Crippen LogP contribution in [0.1, 0.15) is 23.7 Å². The third-order valence-corrected chi connectivity index (χ3v) is 4.02. The molecule has 0 aliphatic heterocycles. The maximum atomic E-state index is 12.1. The highest BCUT2D eigenvalue weighted by Gasteiger charge is 2.11. The predicted molar refractivity (Wildman–Crippen MR) is 96.1 cm³/mol. The van der Waals surface area contributed by atoms with Crippen molar-refractivity contribution in [2.45, 2.75) is 26.7 Å². The van der Waals surface area contributed by atoms with Crippen molar-refractivity contribution in [1.82, 2.24) is 10.3 Å². The van der Waals surface area contributed by atoms with Gasteiger partial charge in [-0.25, -0.2) is 4.79 Å². The SMILES string of the molecule is CCc1cc(NC(=O)NCC(CO)Cc2ccccn2)ccc1C. The molecule has 1 atom stereocenters. The van der Waals surface area contributed by atoms with Gasteiger partial charge in [0.15, 0.2) is 0 Å². The number of carbonyl (C=O) groups excluding carboxylic acids is 1. The number of hydrogen-bond acceptors (Lipinski definition) is 3. The summed E-state index contributed by atoms with van der Waals surface area (Å²) in [5.74, 6) is -0.0603. The number of benzene rings is 1. The van der Waals surface area contributed by atoms with Crippen LogP contribution in [0.2, 0.25) is 0 Å². The Bertz CT molecular complexity index is 659. The lowest BCUT2D eigenvalue weighted by Crippen LogP contribution is -2.35. The Hall–Kier alpha value is -2.40. The molecule has 0 saturated heterocycles. The molecule has 2 aromatic rings. The van der Waals surface area contributed by atoms with Gasteiger partial charge in [-0.3, -0.25) is 4.98 Å². The van der Waals surface area contributed by atoms with Gasteiger partial charge in [0, 0.05) is 36.6 Å². The number of aliphatic hydroxyl groups is 1. The number of amides is 2. The molecule has 0 saturated carbocycles. The topological polar surface area (TPSA) is 74.2 Å². The molecule has 3 N–H and O–H groups in total. The number of urea groups is 1. The van der Waals surface area contributed by atoms with Crippen LogP contribution >= 0.6 is 0 Å². The van der Waals surface area contributed by atoms with Gasteiger partial charge in [-0.15, -0.1) is 0 Å². The van der Waals surface area contributed by atoms with Crippen molar-refractivity contribution in [3.63, 3.8) is 0 Å². The van der Waals surface area contributed by atoms with Gasteiger partial charge in [0.2, 0.25) is 0 Å². The summed E-state index contributed by atoms with van der Waals surface area (Å²) in [6, 6.07) is 11.3. The van der Waals surface area contributed by atoms with Crippen LogP contribution in [0.15, 0.2) is 42.6 Å². The van der Waals surface area contributed by atoms with Crippen LogP contribution in [0.25, 0.3) is 0 Å². The van der Waals surface area contributed by atoms with E-state index in [0.717, 1.165) is 17.8 Å². The lowest BCUT2D eigenvalue weighted by Gasteiger charge is -2.15. The third kappa shape index (κ3) is 5.35. The largest absolute Gasteiger partial charge is 0.396 e. The summed E-state index contributed by atoms with van der Waals surface area (Å²) in [5.41, 5.74) is 4.13. The van der Waals surface area contributed by atoms with Crippen LogP contribution in [0.4, 0.5) is 10.5 Å². The molecule has 0 radical (unpaired) electrons. The fraction of sp³-hybridized carbons (Fsp3) is 0.368. The first-order valence-electron chi connectivity index (χ1n) is 8.27. The monoisotopic (exact) mass is 327 g/mol. The van der Waals surface area contributed by atoms with Gasteiger partial charge in [0.05, 0.1) is 0 Å². The molecule has 0 bridgehead atoms. The molecular weight excluding hydrogens is 302 g/mol. The first kappa shape index (κ1) is 17.9. The summed E-state index contributed by atoms with van der Waals surface area (Å²) < 4.78 is 0. The Kier molecular flexibility index (Phi) is 6.75. The number of hydrogen-bond donors (Lipinski definition) is 3. The Morgan fingerprint density at radius 3 is 2.79 bits per heavy atom. The molecule has 24 heavy (non-hydrogen) atoms. The molecule has 1 aromatic carbocycles. The zero-order chi connectivity index (χ0) is 17.4. The van der Waals surface area contributed by atoms with E-state index >= 15 is 0 Å². The highest BCUT2D eigenvalue weighted by atomic mass is 16.3. The zero-order valence-electron chi connectivity index (χ0n) is 14.2. The minimum absolute atomic E-state index is 0.00136. The van der Waals surface area contributed by atoms with Gasteiger partial charge in [-0.1, -0.05) is 19.1 Å². The molecule has 1 heterocycles. The molecule has 128 valence electrons. The van der Waals surface area contributed by atoms with E-state index in [1.54, 1.807) is 6.20 Å². The molecule has 0 spiro atoms. The zero-order valence-corrected chi connectivity index (χ0v) is 14.2. The van der Waals surface area contributed by atoms with Crippen LogP contribution in [0.3, 0.4) is 0 Å².